The first-order valence-corrected chi connectivity index (χ1v) is 4.18. The van der Waals surface area contributed by atoms with Crippen molar-refractivity contribution in [2.24, 2.45) is 0 Å². The van der Waals surface area contributed by atoms with E-state index in [2.05, 4.69) is 31.3 Å². The van der Waals surface area contributed by atoms with Crippen LogP contribution in [0.25, 0.3) is 0 Å². The van der Waals surface area contributed by atoms with Crippen LogP contribution in [0.4, 0.5) is 0 Å². The Morgan fingerprint density at radius 1 is 1.28 bits per heavy atom. The van der Waals surface area contributed by atoms with Crippen molar-refractivity contribution in [1.29, 1.82) is 0 Å². The molecule has 0 amide bonds. The molecular formula is C12H14FeO5. The molecule has 0 aromatic heterocycles. The zero-order chi connectivity index (χ0) is 14.7. The van der Waals surface area contributed by atoms with Gasteiger partial charge in [0, 0.05) is 5.95 Å². The van der Waals surface area contributed by atoms with Gasteiger partial charge in [-0.2, -0.15) is 0 Å². The van der Waals surface area contributed by atoms with Crippen LogP contribution in [0.15, 0.2) is 24.7 Å². The average Bonchev–Trinajstić information content (AvgIpc) is 2.44. The standard InChI is InChI=1S/C9H15O2.3CO.Fe/c1-4-8(2)6-5-7-9(10)11-3;3*1-2;/h4,7,10H,1,5-6H2,2-3H3;;;;/q-1;;;;+2/p-1/b9-7-;;;;. The molecule has 0 aromatic carbocycles. The zero-order valence-electron chi connectivity index (χ0n) is 10.2. The van der Waals surface area contributed by atoms with Gasteiger partial charge in [-0.1, -0.05) is 12.5 Å². The number of ether oxygens (including phenoxy) is 1. The van der Waals surface area contributed by atoms with Gasteiger partial charge in [-0.05, 0) is 13.5 Å². The molecule has 100 valence electrons. The van der Waals surface area contributed by atoms with Crippen molar-refractivity contribution in [2.75, 3.05) is 7.11 Å². The van der Waals surface area contributed by atoms with Crippen molar-refractivity contribution in [1.82, 2.24) is 0 Å². The summed E-state index contributed by atoms with van der Waals surface area (Å²) in [6, 6.07) is 0. The Bertz CT molecular complexity index is 228. The normalized spacial score (nSPS) is 7.00. The first-order chi connectivity index (χ1) is 8.20. The van der Waals surface area contributed by atoms with Crippen LogP contribution in [0.3, 0.4) is 0 Å². The Hall–Kier alpha value is -1.31. The van der Waals surface area contributed by atoms with Gasteiger partial charge in [0.2, 0.25) is 0 Å². The third-order valence-corrected chi connectivity index (χ3v) is 1.40. The van der Waals surface area contributed by atoms with Crippen LogP contribution >= 0.6 is 0 Å². The van der Waals surface area contributed by atoms with Crippen LogP contribution in [0.5, 0.6) is 0 Å². The monoisotopic (exact) mass is 294 g/mol. The minimum Gasteiger partial charge on any atom is 2.00 e. The summed E-state index contributed by atoms with van der Waals surface area (Å²) >= 11 is 0. The molecule has 0 unspecified atom stereocenters. The zero-order valence-corrected chi connectivity index (χ0v) is 11.3. The molecule has 0 rings (SSSR count). The van der Waals surface area contributed by atoms with E-state index in [-0.39, 0.29) is 23.0 Å². The summed E-state index contributed by atoms with van der Waals surface area (Å²) in [5.41, 5.74) is 0. The average molecular weight is 294 g/mol. The largest absolute Gasteiger partial charge is 2.00 e. The molecule has 0 saturated carbocycles. The maximum absolute atomic E-state index is 10.6. The molecule has 0 aliphatic carbocycles. The van der Waals surface area contributed by atoms with E-state index in [1.165, 1.54) is 19.1 Å². The first-order valence-electron chi connectivity index (χ1n) is 4.18. The summed E-state index contributed by atoms with van der Waals surface area (Å²) in [5.74, 6) is 0.923. The van der Waals surface area contributed by atoms with E-state index in [9.17, 15) is 5.11 Å². The third kappa shape index (κ3) is 36.5. The van der Waals surface area contributed by atoms with Crippen molar-refractivity contribution < 1.29 is 40.9 Å². The summed E-state index contributed by atoms with van der Waals surface area (Å²) in [6.07, 6.45) is 4.93. The smallest absolute Gasteiger partial charge is 2.00 e. The van der Waals surface area contributed by atoms with Gasteiger partial charge in [-0.15, -0.1) is 6.92 Å². The molecule has 0 atom stereocenters. The molecule has 0 heterocycles. The second kappa shape index (κ2) is 36.1. The molecular weight excluding hydrogens is 280 g/mol. The number of hydrogen-bond donors (Lipinski definition) is 0. The fourth-order valence-corrected chi connectivity index (χ4v) is 0.603. The van der Waals surface area contributed by atoms with Gasteiger partial charge >= 0.3 is 51.0 Å². The van der Waals surface area contributed by atoms with E-state index in [1.54, 1.807) is 6.08 Å². The third-order valence-electron chi connectivity index (χ3n) is 1.40. The number of rotatable bonds is 5. The fourth-order valence-electron chi connectivity index (χ4n) is 0.603. The molecule has 0 bridgehead atoms. The van der Waals surface area contributed by atoms with Gasteiger partial charge in [0.1, 0.15) is 0 Å². The molecule has 0 N–H and O–H groups in total. The van der Waals surface area contributed by atoms with Crippen LogP contribution in [-0.2, 0) is 35.8 Å². The van der Waals surface area contributed by atoms with Gasteiger partial charge in [-0.25, -0.2) is 18.6 Å². The predicted molar refractivity (Wildman–Crippen MR) is 55.2 cm³/mol. The summed E-state index contributed by atoms with van der Waals surface area (Å²) in [6.45, 7) is 19.1. The summed E-state index contributed by atoms with van der Waals surface area (Å²) < 4.78 is 26.9. The quantitative estimate of drug-likeness (QED) is 0.330. The molecule has 18 heavy (non-hydrogen) atoms. The van der Waals surface area contributed by atoms with Gasteiger partial charge < -0.3 is 9.84 Å². The van der Waals surface area contributed by atoms with Crippen molar-refractivity contribution in [3.63, 3.8) is 0 Å². The van der Waals surface area contributed by atoms with Crippen LogP contribution < -0.4 is 5.11 Å². The van der Waals surface area contributed by atoms with E-state index in [1.807, 2.05) is 6.92 Å². The summed E-state index contributed by atoms with van der Waals surface area (Å²) in [7, 11) is 1.38. The maximum atomic E-state index is 10.6. The van der Waals surface area contributed by atoms with Crippen LogP contribution in [0.2, 0.25) is 0 Å². The Labute approximate surface area is 119 Å². The van der Waals surface area contributed by atoms with Gasteiger partial charge in [0.25, 0.3) is 0 Å². The SMILES string of the molecule is C=C[C-](C)CC/C=C(/[O-])OC.[C-]#[O+].[C-]#[O+].[C-]#[O+].[Fe+2]. The predicted octanol–water partition coefficient (Wildman–Crippen LogP) is 1.28. The second-order valence-electron chi connectivity index (χ2n) is 2.32. The number of hydrogen-bond acceptors (Lipinski definition) is 2. The Balaban J connectivity index is -0.0000000700. The molecule has 0 radical (unpaired) electrons. The second-order valence-corrected chi connectivity index (χ2v) is 2.32. The van der Waals surface area contributed by atoms with Crippen molar-refractivity contribution in [3.05, 3.63) is 50.5 Å². The van der Waals surface area contributed by atoms with Gasteiger partial charge in [0.05, 0.1) is 0 Å². The minimum atomic E-state index is -0.262. The van der Waals surface area contributed by atoms with Gasteiger partial charge in [-0.3, -0.25) is 0 Å². The molecule has 0 aromatic rings. The fraction of sp³-hybridized carbons (Fsp3) is 0.333. The molecule has 0 spiro atoms. The molecule has 0 aliphatic heterocycles. The van der Waals surface area contributed by atoms with Crippen LogP contribution in [0.1, 0.15) is 19.8 Å². The van der Waals surface area contributed by atoms with Crippen molar-refractivity contribution in [2.45, 2.75) is 19.8 Å². The van der Waals surface area contributed by atoms with Gasteiger partial charge in [0.15, 0.2) is 0 Å². The van der Waals surface area contributed by atoms with E-state index in [0.717, 1.165) is 12.8 Å². The Morgan fingerprint density at radius 2 is 1.67 bits per heavy atom. The van der Waals surface area contributed by atoms with E-state index in [4.69, 9.17) is 14.0 Å². The van der Waals surface area contributed by atoms with Crippen molar-refractivity contribution >= 4 is 0 Å². The molecule has 0 saturated heterocycles. The first kappa shape index (κ1) is 30.1. The minimum absolute atomic E-state index is 0. The summed E-state index contributed by atoms with van der Waals surface area (Å²) in [4.78, 5) is 0. The molecule has 6 heteroatoms. The molecule has 0 aliphatic rings. The van der Waals surface area contributed by atoms with Crippen LogP contribution in [-0.4, -0.2) is 7.11 Å². The Morgan fingerprint density at radius 3 is 1.94 bits per heavy atom. The molecule has 5 nitrogen and oxygen atoms in total. The topological polar surface area (TPSA) is 92.0 Å². The number of allylic oxidation sites excluding steroid dienone is 2. The Kier molecular flexibility index (Phi) is 60.2. The van der Waals surface area contributed by atoms with E-state index < -0.39 is 0 Å². The maximum Gasteiger partial charge on any atom is 2.00 e. The van der Waals surface area contributed by atoms with Crippen molar-refractivity contribution in [3.8, 4) is 0 Å². The van der Waals surface area contributed by atoms with Crippen LogP contribution in [0, 0.1) is 25.9 Å². The summed E-state index contributed by atoms with van der Waals surface area (Å²) in [5, 5.41) is 10.6. The van der Waals surface area contributed by atoms with E-state index in [0.29, 0.717) is 0 Å². The number of methoxy groups -OCH3 is 1. The van der Waals surface area contributed by atoms with E-state index >= 15 is 0 Å². The molecule has 0 fully saturated rings.